The Bertz CT molecular complexity index is 431. The van der Waals surface area contributed by atoms with Crippen LogP contribution in [-0.4, -0.2) is 28.1 Å². The third-order valence-electron chi connectivity index (χ3n) is 2.01. The molecule has 1 unspecified atom stereocenters. The summed E-state index contributed by atoms with van der Waals surface area (Å²) in [6, 6.07) is 2.79. The van der Waals surface area contributed by atoms with Crippen molar-refractivity contribution >= 4 is 11.8 Å². The van der Waals surface area contributed by atoms with Crippen molar-refractivity contribution in [2.45, 2.75) is 13.0 Å². The van der Waals surface area contributed by atoms with Crippen molar-refractivity contribution in [2.24, 2.45) is 5.73 Å². The largest absolute Gasteiger partial charge is 0.504 e. The summed E-state index contributed by atoms with van der Waals surface area (Å²) in [6.45, 7) is 1.44. The summed E-state index contributed by atoms with van der Waals surface area (Å²) >= 11 is 0. The van der Waals surface area contributed by atoms with E-state index in [0.29, 0.717) is 0 Å². The van der Waals surface area contributed by atoms with Gasteiger partial charge in [-0.1, -0.05) is 0 Å². The van der Waals surface area contributed by atoms with Crippen LogP contribution in [0.2, 0.25) is 0 Å². The summed E-state index contributed by atoms with van der Waals surface area (Å²) in [4.78, 5) is 22.2. The number of rotatable bonds is 3. The first kappa shape index (κ1) is 11.8. The van der Waals surface area contributed by atoms with Crippen molar-refractivity contribution in [3.8, 4) is 11.5 Å². The van der Waals surface area contributed by atoms with E-state index in [1.807, 2.05) is 0 Å². The van der Waals surface area contributed by atoms with Gasteiger partial charge in [0.05, 0.1) is 0 Å². The Morgan fingerprint density at radius 3 is 2.44 bits per heavy atom. The van der Waals surface area contributed by atoms with Gasteiger partial charge < -0.3 is 21.3 Å². The highest BCUT2D eigenvalue weighted by atomic mass is 16.3. The van der Waals surface area contributed by atoms with Crippen molar-refractivity contribution < 1.29 is 19.8 Å². The van der Waals surface area contributed by atoms with Gasteiger partial charge in [0.2, 0.25) is 5.91 Å². The second-order valence-electron chi connectivity index (χ2n) is 3.30. The number of phenolic OH excluding ortho intramolecular Hbond substituents is 2. The number of nitrogens with two attached hydrogens (primary N) is 1. The van der Waals surface area contributed by atoms with Gasteiger partial charge in [-0.2, -0.15) is 0 Å². The summed E-state index contributed by atoms with van der Waals surface area (Å²) in [7, 11) is 0. The van der Waals surface area contributed by atoms with E-state index in [9.17, 15) is 14.7 Å². The number of carbonyl (C=O) groups excluding carboxylic acids is 2. The van der Waals surface area contributed by atoms with Gasteiger partial charge in [-0.3, -0.25) is 9.59 Å². The summed E-state index contributed by atoms with van der Waals surface area (Å²) in [5.41, 5.74) is 5.10. The lowest BCUT2D eigenvalue weighted by molar-refractivity contribution is -0.119. The van der Waals surface area contributed by atoms with E-state index in [4.69, 9.17) is 10.8 Å². The third kappa shape index (κ3) is 2.63. The number of phenols is 2. The monoisotopic (exact) mass is 224 g/mol. The lowest BCUT2D eigenvalue weighted by Crippen LogP contribution is -2.42. The normalized spacial score (nSPS) is 11.8. The second-order valence-corrected chi connectivity index (χ2v) is 3.30. The van der Waals surface area contributed by atoms with Crippen molar-refractivity contribution in [1.82, 2.24) is 5.32 Å². The molecular formula is C10H12N2O4. The summed E-state index contributed by atoms with van der Waals surface area (Å²) in [6.07, 6.45) is 0. The standard InChI is InChI=1S/C10H12N2O4/c1-5(9(11)15)12-10(16)6-2-3-7(13)8(14)4-6/h2-5,13-14H,1H3,(H2,11,15)(H,12,16). The summed E-state index contributed by atoms with van der Waals surface area (Å²) in [5.74, 6) is -1.93. The van der Waals surface area contributed by atoms with E-state index in [-0.39, 0.29) is 11.3 Å². The number of hydrogen-bond donors (Lipinski definition) is 4. The maximum absolute atomic E-state index is 11.5. The van der Waals surface area contributed by atoms with Gasteiger partial charge >= 0.3 is 0 Å². The number of nitrogens with one attached hydrogen (secondary N) is 1. The average molecular weight is 224 g/mol. The molecule has 0 spiro atoms. The quantitative estimate of drug-likeness (QED) is 0.528. The zero-order valence-corrected chi connectivity index (χ0v) is 8.60. The number of carbonyl (C=O) groups is 2. The fraction of sp³-hybridized carbons (Fsp3) is 0.200. The highest BCUT2D eigenvalue weighted by molar-refractivity contribution is 5.97. The molecular weight excluding hydrogens is 212 g/mol. The Morgan fingerprint density at radius 1 is 1.31 bits per heavy atom. The molecule has 0 saturated heterocycles. The SMILES string of the molecule is CC(NC(=O)c1ccc(O)c(O)c1)C(N)=O. The van der Waals surface area contributed by atoms with Gasteiger partial charge in [0.15, 0.2) is 11.5 Å². The fourth-order valence-electron chi connectivity index (χ4n) is 1.02. The molecule has 1 aromatic rings. The van der Waals surface area contributed by atoms with Crippen LogP contribution in [0.25, 0.3) is 0 Å². The third-order valence-corrected chi connectivity index (χ3v) is 2.01. The Labute approximate surface area is 91.7 Å². The predicted molar refractivity (Wildman–Crippen MR) is 55.9 cm³/mol. The van der Waals surface area contributed by atoms with E-state index in [1.165, 1.54) is 19.1 Å². The first-order valence-corrected chi connectivity index (χ1v) is 4.54. The molecule has 5 N–H and O–H groups in total. The topological polar surface area (TPSA) is 113 Å². The minimum atomic E-state index is -0.802. The van der Waals surface area contributed by atoms with Gasteiger partial charge in [0.25, 0.3) is 5.91 Å². The molecule has 0 bridgehead atoms. The van der Waals surface area contributed by atoms with Crippen molar-refractivity contribution in [1.29, 1.82) is 0 Å². The number of benzene rings is 1. The van der Waals surface area contributed by atoms with Gasteiger partial charge in [-0.15, -0.1) is 0 Å². The summed E-state index contributed by atoms with van der Waals surface area (Å²) < 4.78 is 0. The second kappa shape index (κ2) is 4.52. The molecule has 1 aromatic carbocycles. The molecule has 0 heterocycles. The van der Waals surface area contributed by atoms with Crippen LogP contribution < -0.4 is 11.1 Å². The molecule has 2 amide bonds. The van der Waals surface area contributed by atoms with Gasteiger partial charge in [0.1, 0.15) is 6.04 Å². The average Bonchev–Trinajstić information content (AvgIpc) is 2.21. The first-order valence-electron chi connectivity index (χ1n) is 4.54. The van der Waals surface area contributed by atoms with Crippen LogP contribution >= 0.6 is 0 Å². The van der Waals surface area contributed by atoms with Gasteiger partial charge in [-0.05, 0) is 25.1 Å². The maximum atomic E-state index is 11.5. The van der Waals surface area contributed by atoms with Crippen LogP contribution in [0.1, 0.15) is 17.3 Å². The fourth-order valence-corrected chi connectivity index (χ4v) is 1.02. The molecule has 0 aliphatic heterocycles. The Balaban J connectivity index is 2.81. The number of amides is 2. The molecule has 1 atom stereocenters. The molecule has 6 nitrogen and oxygen atoms in total. The molecule has 1 rings (SSSR count). The molecule has 0 fully saturated rings. The van der Waals surface area contributed by atoms with Crippen molar-refractivity contribution in [3.63, 3.8) is 0 Å². The maximum Gasteiger partial charge on any atom is 0.252 e. The molecule has 0 saturated carbocycles. The Hall–Kier alpha value is -2.24. The highest BCUT2D eigenvalue weighted by Crippen LogP contribution is 2.24. The molecule has 16 heavy (non-hydrogen) atoms. The molecule has 0 aliphatic rings. The van der Waals surface area contributed by atoms with Crippen molar-refractivity contribution in [3.05, 3.63) is 23.8 Å². The van der Waals surface area contributed by atoms with Crippen LogP contribution in [-0.2, 0) is 4.79 Å². The van der Waals surface area contributed by atoms with Crippen LogP contribution in [0.5, 0.6) is 11.5 Å². The molecule has 0 aliphatic carbocycles. The van der Waals surface area contributed by atoms with Crippen LogP contribution in [0.4, 0.5) is 0 Å². The van der Waals surface area contributed by atoms with E-state index in [2.05, 4.69) is 5.32 Å². The summed E-state index contributed by atoms with van der Waals surface area (Å²) in [5, 5.41) is 20.5. The van der Waals surface area contributed by atoms with Crippen LogP contribution in [0.3, 0.4) is 0 Å². The Morgan fingerprint density at radius 2 is 1.94 bits per heavy atom. The zero-order valence-electron chi connectivity index (χ0n) is 8.60. The van der Waals surface area contributed by atoms with E-state index in [0.717, 1.165) is 6.07 Å². The first-order chi connectivity index (χ1) is 7.41. The lowest BCUT2D eigenvalue weighted by Gasteiger charge is -2.10. The van der Waals surface area contributed by atoms with Gasteiger partial charge in [0, 0.05) is 5.56 Å². The molecule has 6 heteroatoms. The van der Waals surface area contributed by atoms with E-state index < -0.39 is 23.6 Å². The smallest absolute Gasteiger partial charge is 0.252 e. The number of hydrogen-bond acceptors (Lipinski definition) is 4. The minimum absolute atomic E-state index is 0.128. The highest BCUT2D eigenvalue weighted by Gasteiger charge is 2.14. The van der Waals surface area contributed by atoms with Crippen LogP contribution in [0, 0.1) is 0 Å². The van der Waals surface area contributed by atoms with E-state index >= 15 is 0 Å². The number of primary amides is 1. The van der Waals surface area contributed by atoms with Crippen LogP contribution in [0.15, 0.2) is 18.2 Å². The number of aromatic hydroxyl groups is 2. The minimum Gasteiger partial charge on any atom is -0.504 e. The van der Waals surface area contributed by atoms with Crippen molar-refractivity contribution in [2.75, 3.05) is 0 Å². The lowest BCUT2D eigenvalue weighted by atomic mass is 10.1. The zero-order chi connectivity index (χ0) is 12.3. The molecule has 0 radical (unpaired) electrons. The predicted octanol–water partition coefficient (Wildman–Crippen LogP) is -0.299. The Kier molecular flexibility index (Phi) is 3.34. The van der Waals surface area contributed by atoms with E-state index in [1.54, 1.807) is 0 Å². The van der Waals surface area contributed by atoms with Gasteiger partial charge in [-0.25, -0.2) is 0 Å². The molecule has 0 aromatic heterocycles. The molecule has 86 valence electrons.